The van der Waals surface area contributed by atoms with Crippen LogP contribution < -0.4 is 4.90 Å². The van der Waals surface area contributed by atoms with Gasteiger partial charge >= 0.3 is 0 Å². The zero-order chi connectivity index (χ0) is 16.4. The Hall–Kier alpha value is -1.69. The molecule has 0 bridgehead atoms. The van der Waals surface area contributed by atoms with Gasteiger partial charge < -0.3 is 9.80 Å². The van der Waals surface area contributed by atoms with Crippen LogP contribution in [0.3, 0.4) is 0 Å². The van der Waals surface area contributed by atoms with E-state index in [-0.39, 0.29) is 5.91 Å². The van der Waals surface area contributed by atoms with Crippen molar-refractivity contribution in [1.82, 2.24) is 20.0 Å². The maximum atomic E-state index is 12.8. The number of carbonyl (C=O) groups excluding carboxylic acids is 1. The number of rotatable bonds is 3. The van der Waals surface area contributed by atoms with Gasteiger partial charge in [0.1, 0.15) is 0 Å². The summed E-state index contributed by atoms with van der Waals surface area (Å²) in [7, 11) is 0. The van der Waals surface area contributed by atoms with Gasteiger partial charge in [-0.05, 0) is 63.7 Å². The van der Waals surface area contributed by atoms with E-state index in [0.717, 1.165) is 38.4 Å². The second kappa shape index (κ2) is 7.05. The maximum absolute atomic E-state index is 12.8. The molecule has 0 radical (unpaired) electrons. The van der Waals surface area contributed by atoms with Crippen molar-refractivity contribution in [3.8, 4) is 0 Å². The molecule has 1 amide bonds. The Morgan fingerprint density at radius 2 is 1.67 bits per heavy atom. The number of aromatic nitrogens is 2. The van der Waals surface area contributed by atoms with E-state index < -0.39 is 0 Å². The molecule has 0 spiro atoms. The van der Waals surface area contributed by atoms with Crippen LogP contribution in [-0.2, 0) is 0 Å². The van der Waals surface area contributed by atoms with Gasteiger partial charge in [-0.2, -0.15) is 0 Å². The number of likely N-dealkylation sites (tertiary alicyclic amines) is 2. The van der Waals surface area contributed by atoms with E-state index in [9.17, 15) is 4.79 Å². The summed E-state index contributed by atoms with van der Waals surface area (Å²) in [5.74, 6) is 0.942. The van der Waals surface area contributed by atoms with Gasteiger partial charge in [0.25, 0.3) is 5.91 Å². The van der Waals surface area contributed by atoms with E-state index in [4.69, 9.17) is 0 Å². The van der Waals surface area contributed by atoms with E-state index in [0.29, 0.717) is 11.7 Å². The fourth-order valence-electron chi connectivity index (χ4n) is 4.26. The molecule has 1 unspecified atom stereocenters. The first kappa shape index (κ1) is 15.8. The summed E-state index contributed by atoms with van der Waals surface area (Å²) < 4.78 is 0. The number of anilines is 1. The Kier molecular flexibility index (Phi) is 4.65. The van der Waals surface area contributed by atoms with Gasteiger partial charge in [0.2, 0.25) is 0 Å². The summed E-state index contributed by atoms with van der Waals surface area (Å²) >= 11 is 0. The molecule has 1 atom stereocenters. The highest BCUT2D eigenvalue weighted by Gasteiger charge is 2.30. The minimum Gasteiger partial charge on any atom is -0.355 e. The Balaban J connectivity index is 1.40. The van der Waals surface area contributed by atoms with Gasteiger partial charge in [0, 0.05) is 32.2 Å². The van der Waals surface area contributed by atoms with Crippen LogP contribution in [0, 0.1) is 0 Å². The lowest BCUT2D eigenvalue weighted by atomic mass is 10.0. The third kappa shape index (κ3) is 3.24. The minimum atomic E-state index is 0.0411. The maximum Gasteiger partial charge on any atom is 0.274 e. The van der Waals surface area contributed by atoms with Crippen molar-refractivity contribution in [3.63, 3.8) is 0 Å². The SMILES string of the molecule is O=C(c1ccc(N2CCCC2)nn1)N1CCCC(N2CCCC2)C1. The van der Waals surface area contributed by atoms with Gasteiger partial charge in [0.15, 0.2) is 11.5 Å². The highest BCUT2D eigenvalue weighted by atomic mass is 16.2. The standard InChI is InChI=1S/C18H27N5O/c24-18(16-7-8-17(20-19-16)22-11-3-4-12-22)23-13-5-6-15(14-23)21-9-1-2-10-21/h7-8,15H,1-6,9-14H2. The number of hydrogen-bond acceptors (Lipinski definition) is 5. The number of piperidine rings is 1. The molecule has 0 N–H and O–H groups in total. The topological polar surface area (TPSA) is 52.6 Å². The average Bonchev–Trinajstić information content (AvgIpc) is 3.35. The van der Waals surface area contributed by atoms with Gasteiger partial charge in [-0.3, -0.25) is 9.69 Å². The molecule has 0 aromatic carbocycles. The highest BCUT2D eigenvalue weighted by molar-refractivity contribution is 5.92. The van der Waals surface area contributed by atoms with Crippen molar-refractivity contribution in [3.05, 3.63) is 17.8 Å². The molecule has 130 valence electrons. The van der Waals surface area contributed by atoms with Gasteiger partial charge in [-0.25, -0.2) is 0 Å². The zero-order valence-corrected chi connectivity index (χ0v) is 14.4. The van der Waals surface area contributed by atoms with E-state index in [2.05, 4.69) is 20.0 Å². The molecule has 6 nitrogen and oxygen atoms in total. The number of amides is 1. The molecule has 24 heavy (non-hydrogen) atoms. The lowest BCUT2D eigenvalue weighted by Gasteiger charge is -2.37. The van der Waals surface area contributed by atoms with Crippen LogP contribution in [0.2, 0.25) is 0 Å². The average molecular weight is 329 g/mol. The predicted molar refractivity (Wildman–Crippen MR) is 93.2 cm³/mol. The molecule has 4 rings (SSSR count). The summed E-state index contributed by atoms with van der Waals surface area (Å²) in [6.45, 7) is 6.17. The van der Waals surface area contributed by atoms with Gasteiger partial charge in [-0.15, -0.1) is 10.2 Å². The Bertz CT molecular complexity index is 563. The van der Waals surface area contributed by atoms with Crippen molar-refractivity contribution in [2.45, 2.75) is 44.6 Å². The molecule has 6 heteroatoms. The number of carbonyl (C=O) groups is 1. The third-order valence-electron chi connectivity index (χ3n) is 5.64. The summed E-state index contributed by atoms with van der Waals surface area (Å²) in [6, 6.07) is 4.33. The van der Waals surface area contributed by atoms with E-state index in [1.165, 1.54) is 45.2 Å². The van der Waals surface area contributed by atoms with Gasteiger partial charge in [0.05, 0.1) is 0 Å². The number of nitrogens with zero attached hydrogens (tertiary/aromatic N) is 5. The second-order valence-corrected chi connectivity index (χ2v) is 7.26. The third-order valence-corrected chi connectivity index (χ3v) is 5.64. The largest absolute Gasteiger partial charge is 0.355 e. The van der Waals surface area contributed by atoms with E-state index in [1.807, 2.05) is 17.0 Å². The molecule has 3 aliphatic rings. The second-order valence-electron chi connectivity index (χ2n) is 7.26. The lowest BCUT2D eigenvalue weighted by molar-refractivity contribution is 0.0601. The Labute approximate surface area is 143 Å². The quantitative estimate of drug-likeness (QED) is 0.846. The fraction of sp³-hybridized carbons (Fsp3) is 0.722. The molecule has 0 saturated carbocycles. The first-order valence-corrected chi connectivity index (χ1v) is 9.43. The molecule has 0 aliphatic carbocycles. The van der Waals surface area contributed by atoms with Crippen molar-refractivity contribution in [2.75, 3.05) is 44.2 Å². The smallest absolute Gasteiger partial charge is 0.274 e. The first-order valence-electron chi connectivity index (χ1n) is 9.43. The minimum absolute atomic E-state index is 0.0411. The molecule has 3 fully saturated rings. The number of hydrogen-bond donors (Lipinski definition) is 0. The van der Waals surface area contributed by atoms with Crippen LogP contribution in [0.1, 0.15) is 49.0 Å². The Morgan fingerprint density at radius 1 is 0.917 bits per heavy atom. The van der Waals surface area contributed by atoms with Crippen LogP contribution in [0.25, 0.3) is 0 Å². The first-order chi connectivity index (χ1) is 11.8. The van der Waals surface area contributed by atoms with Crippen molar-refractivity contribution in [2.24, 2.45) is 0 Å². The molecule has 1 aromatic rings. The van der Waals surface area contributed by atoms with Crippen LogP contribution >= 0.6 is 0 Å². The van der Waals surface area contributed by atoms with Crippen molar-refractivity contribution >= 4 is 11.7 Å². The summed E-state index contributed by atoms with van der Waals surface area (Å²) in [5.41, 5.74) is 0.486. The normalized spacial score (nSPS) is 25.4. The zero-order valence-electron chi connectivity index (χ0n) is 14.4. The molecule has 1 aromatic heterocycles. The van der Waals surface area contributed by atoms with Crippen molar-refractivity contribution in [1.29, 1.82) is 0 Å². The summed E-state index contributed by atoms with van der Waals surface area (Å²) in [4.78, 5) is 19.6. The molecule has 4 heterocycles. The predicted octanol–water partition coefficient (Wildman–Crippen LogP) is 1.78. The fourth-order valence-corrected chi connectivity index (χ4v) is 4.26. The summed E-state index contributed by atoms with van der Waals surface area (Å²) in [5, 5.41) is 8.52. The lowest BCUT2D eigenvalue weighted by Crippen LogP contribution is -2.49. The molecular formula is C18H27N5O. The molecule has 3 saturated heterocycles. The van der Waals surface area contributed by atoms with Gasteiger partial charge in [-0.1, -0.05) is 0 Å². The molecule has 3 aliphatic heterocycles. The van der Waals surface area contributed by atoms with Crippen molar-refractivity contribution < 1.29 is 4.79 Å². The van der Waals surface area contributed by atoms with Crippen LogP contribution in [0.4, 0.5) is 5.82 Å². The monoisotopic (exact) mass is 329 g/mol. The van der Waals surface area contributed by atoms with E-state index in [1.54, 1.807) is 0 Å². The summed E-state index contributed by atoms with van der Waals surface area (Å²) in [6.07, 6.45) is 7.33. The highest BCUT2D eigenvalue weighted by Crippen LogP contribution is 2.22. The van der Waals surface area contributed by atoms with Crippen LogP contribution in [0.15, 0.2) is 12.1 Å². The Morgan fingerprint density at radius 3 is 2.38 bits per heavy atom. The van der Waals surface area contributed by atoms with Crippen LogP contribution in [0.5, 0.6) is 0 Å². The van der Waals surface area contributed by atoms with Crippen LogP contribution in [-0.4, -0.2) is 71.2 Å². The van der Waals surface area contributed by atoms with E-state index >= 15 is 0 Å². The molecular weight excluding hydrogens is 302 g/mol.